The predicted octanol–water partition coefficient (Wildman–Crippen LogP) is 2.70. The summed E-state index contributed by atoms with van der Waals surface area (Å²) in [7, 11) is -0.890. The summed E-state index contributed by atoms with van der Waals surface area (Å²) < 4.78 is 44.1. The molecule has 2 aromatic carbocycles. The van der Waals surface area contributed by atoms with Crippen LogP contribution in [-0.4, -0.2) is 70.1 Å². The fraction of sp³-hybridized carbons (Fsp3) is 0.458. The highest BCUT2D eigenvalue weighted by molar-refractivity contribution is 7.89. The largest absolute Gasteiger partial charge is 0.493 e. The van der Waals surface area contributed by atoms with E-state index in [4.69, 9.17) is 14.2 Å². The van der Waals surface area contributed by atoms with E-state index >= 15 is 0 Å². The standard InChI is InChI=1S/C24H32N2O6S/c1-5-26(33(28,29)22-10-11-23(30-3)24(14-22)31-4)17-21(32-18(2)27)16-25-13-12-19-8-6-7-9-20(19)15-25/h6-11,14,21H,5,12-13,15-17H2,1-4H3. The van der Waals surface area contributed by atoms with Gasteiger partial charge in [-0.3, -0.25) is 9.69 Å². The van der Waals surface area contributed by atoms with Gasteiger partial charge in [0.25, 0.3) is 0 Å². The molecule has 0 N–H and O–H groups in total. The number of rotatable bonds is 10. The van der Waals surface area contributed by atoms with Crippen molar-refractivity contribution in [3.05, 3.63) is 53.6 Å². The zero-order chi connectivity index (χ0) is 24.0. The van der Waals surface area contributed by atoms with Gasteiger partial charge >= 0.3 is 5.97 Å². The molecule has 8 nitrogen and oxygen atoms in total. The van der Waals surface area contributed by atoms with Crippen molar-refractivity contribution in [3.63, 3.8) is 0 Å². The van der Waals surface area contributed by atoms with Crippen molar-refractivity contribution in [2.75, 3.05) is 40.4 Å². The number of hydrogen-bond acceptors (Lipinski definition) is 7. The number of hydrogen-bond donors (Lipinski definition) is 0. The van der Waals surface area contributed by atoms with Crippen LogP contribution in [-0.2, 0) is 32.5 Å². The van der Waals surface area contributed by atoms with Gasteiger partial charge in [-0.2, -0.15) is 4.31 Å². The second-order valence-corrected chi connectivity index (χ2v) is 9.90. The summed E-state index contributed by atoms with van der Waals surface area (Å²) in [6.07, 6.45) is 0.312. The van der Waals surface area contributed by atoms with Crippen molar-refractivity contribution >= 4 is 16.0 Å². The summed E-state index contributed by atoms with van der Waals surface area (Å²) in [4.78, 5) is 14.1. The Morgan fingerprint density at radius 2 is 1.79 bits per heavy atom. The second-order valence-electron chi connectivity index (χ2n) is 7.96. The number of fused-ring (bicyclic) bond motifs is 1. The fourth-order valence-corrected chi connectivity index (χ4v) is 5.61. The van der Waals surface area contributed by atoms with Crippen LogP contribution < -0.4 is 9.47 Å². The molecule has 1 aliphatic rings. The van der Waals surface area contributed by atoms with Crippen molar-refractivity contribution in [2.24, 2.45) is 0 Å². The maximum atomic E-state index is 13.4. The normalized spacial score (nSPS) is 15.1. The molecule has 1 heterocycles. The average Bonchev–Trinajstić information content (AvgIpc) is 2.81. The molecular weight excluding hydrogens is 444 g/mol. The summed E-state index contributed by atoms with van der Waals surface area (Å²) in [5, 5.41) is 0. The molecule has 0 amide bonds. The van der Waals surface area contributed by atoms with Gasteiger partial charge in [-0.1, -0.05) is 31.2 Å². The molecule has 1 atom stereocenters. The molecule has 0 spiro atoms. The summed E-state index contributed by atoms with van der Waals surface area (Å²) in [6, 6.07) is 12.8. The van der Waals surface area contributed by atoms with E-state index in [1.807, 2.05) is 12.1 Å². The first kappa shape index (κ1) is 25.0. The molecule has 33 heavy (non-hydrogen) atoms. The Bertz CT molecular complexity index is 1070. The maximum Gasteiger partial charge on any atom is 0.302 e. The SMILES string of the molecule is CCN(CC(CN1CCc2ccccc2C1)OC(C)=O)S(=O)(=O)c1ccc(OC)c(OC)c1. The minimum Gasteiger partial charge on any atom is -0.493 e. The molecule has 0 saturated heterocycles. The number of nitrogens with zero attached hydrogens (tertiary/aromatic N) is 2. The second kappa shape index (κ2) is 11.0. The Balaban J connectivity index is 1.78. The Labute approximate surface area is 196 Å². The van der Waals surface area contributed by atoms with Crippen LogP contribution in [0.5, 0.6) is 11.5 Å². The van der Waals surface area contributed by atoms with E-state index in [0.29, 0.717) is 18.0 Å². The van der Waals surface area contributed by atoms with Crippen LogP contribution in [0.3, 0.4) is 0 Å². The van der Waals surface area contributed by atoms with Crippen LogP contribution in [0.4, 0.5) is 0 Å². The molecular formula is C24H32N2O6S. The highest BCUT2D eigenvalue weighted by atomic mass is 32.2. The van der Waals surface area contributed by atoms with E-state index in [-0.39, 0.29) is 18.0 Å². The highest BCUT2D eigenvalue weighted by Gasteiger charge is 2.30. The first-order chi connectivity index (χ1) is 15.8. The zero-order valence-corrected chi connectivity index (χ0v) is 20.4. The van der Waals surface area contributed by atoms with Crippen LogP contribution in [0.1, 0.15) is 25.0 Å². The average molecular weight is 477 g/mol. The van der Waals surface area contributed by atoms with Crippen molar-refractivity contribution < 1.29 is 27.4 Å². The monoisotopic (exact) mass is 476 g/mol. The van der Waals surface area contributed by atoms with Gasteiger partial charge in [-0.15, -0.1) is 0 Å². The Hall–Kier alpha value is -2.62. The van der Waals surface area contributed by atoms with Crippen molar-refractivity contribution in [2.45, 2.75) is 37.8 Å². The predicted molar refractivity (Wildman–Crippen MR) is 125 cm³/mol. The van der Waals surface area contributed by atoms with Gasteiger partial charge in [0.15, 0.2) is 11.5 Å². The van der Waals surface area contributed by atoms with Gasteiger partial charge < -0.3 is 14.2 Å². The number of methoxy groups -OCH3 is 2. The maximum absolute atomic E-state index is 13.4. The number of ether oxygens (including phenoxy) is 3. The molecule has 2 aromatic rings. The first-order valence-corrected chi connectivity index (χ1v) is 12.4. The Morgan fingerprint density at radius 1 is 1.09 bits per heavy atom. The van der Waals surface area contributed by atoms with Crippen LogP contribution in [0.15, 0.2) is 47.4 Å². The third-order valence-electron chi connectivity index (χ3n) is 5.76. The summed E-state index contributed by atoms with van der Waals surface area (Å²) in [6.45, 7) is 5.41. The number of likely N-dealkylation sites (N-methyl/N-ethyl adjacent to an activating group) is 1. The lowest BCUT2D eigenvalue weighted by molar-refractivity contribution is -0.147. The number of carbonyl (C=O) groups excluding carboxylic acids is 1. The summed E-state index contributed by atoms with van der Waals surface area (Å²) in [5.74, 6) is 0.345. The minimum absolute atomic E-state index is 0.0604. The minimum atomic E-state index is -3.84. The number of sulfonamides is 1. The lowest BCUT2D eigenvalue weighted by Crippen LogP contribution is -2.45. The molecule has 180 valence electrons. The molecule has 0 aliphatic carbocycles. The summed E-state index contributed by atoms with van der Waals surface area (Å²) >= 11 is 0. The van der Waals surface area contributed by atoms with Crippen LogP contribution in [0, 0.1) is 0 Å². The topological polar surface area (TPSA) is 85.4 Å². The van der Waals surface area contributed by atoms with Gasteiger partial charge in [-0.25, -0.2) is 8.42 Å². The summed E-state index contributed by atoms with van der Waals surface area (Å²) in [5.41, 5.74) is 2.57. The van der Waals surface area contributed by atoms with Gasteiger partial charge in [-0.05, 0) is 29.7 Å². The van der Waals surface area contributed by atoms with Crippen molar-refractivity contribution in [1.29, 1.82) is 0 Å². The molecule has 0 saturated carbocycles. The number of carbonyl (C=O) groups is 1. The number of esters is 1. The van der Waals surface area contributed by atoms with Gasteiger partial charge in [0, 0.05) is 39.2 Å². The van der Waals surface area contributed by atoms with Crippen molar-refractivity contribution in [3.8, 4) is 11.5 Å². The van der Waals surface area contributed by atoms with E-state index in [9.17, 15) is 13.2 Å². The van der Waals surface area contributed by atoms with Crippen LogP contribution in [0.2, 0.25) is 0 Å². The fourth-order valence-electron chi connectivity index (χ4n) is 4.12. The first-order valence-electron chi connectivity index (χ1n) is 11.0. The van der Waals surface area contributed by atoms with Crippen LogP contribution in [0.25, 0.3) is 0 Å². The van der Waals surface area contributed by atoms with Crippen LogP contribution >= 0.6 is 0 Å². The zero-order valence-electron chi connectivity index (χ0n) is 19.6. The van der Waals surface area contributed by atoms with E-state index in [1.54, 1.807) is 13.0 Å². The molecule has 0 fully saturated rings. The molecule has 3 rings (SSSR count). The van der Waals surface area contributed by atoms with Gasteiger partial charge in [0.2, 0.25) is 10.0 Å². The third kappa shape index (κ3) is 6.04. The lowest BCUT2D eigenvalue weighted by Gasteiger charge is -2.33. The molecule has 0 radical (unpaired) electrons. The molecule has 1 aliphatic heterocycles. The molecule has 0 bridgehead atoms. The molecule has 0 aromatic heterocycles. The van der Waals surface area contributed by atoms with E-state index in [1.165, 1.54) is 48.7 Å². The van der Waals surface area contributed by atoms with Crippen molar-refractivity contribution in [1.82, 2.24) is 9.21 Å². The third-order valence-corrected chi connectivity index (χ3v) is 7.69. The molecule has 9 heteroatoms. The van der Waals surface area contributed by atoms with E-state index in [0.717, 1.165) is 19.5 Å². The highest BCUT2D eigenvalue weighted by Crippen LogP contribution is 2.31. The number of benzene rings is 2. The Morgan fingerprint density at radius 3 is 2.42 bits per heavy atom. The smallest absolute Gasteiger partial charge is 0.302 e. The van der Waals surface area contributed by atoms with E-state index in [2.05, 4.69) is 17.0 Å². The lowest BCUT2D eigenvalue weighted by atomic mass is 10.00. The molecule has 1 unspecified atom stereocenters. The van der Waals surface area contributed by atoms with E-state index < -0.39 is 22.1 Å². The Kier molecular flexibility index (Phi) is 8.34. The van der Waals surface area contributed by atoms with Gasteiger partial charge in [0.1, 0.15) is 6.10 Å². The quantitative estimate of drug-likeness (QED) is 0.488. The van der Waals surface area contributed by atoms with Gasteiger partial charge in [0.05, 0.1) is 25.7 Å².